The average molecular weight is 292 g/mol. The van der Waals surface area contributed by atoms with E-state index in [1.165, 1.54) is 32.1 Å². The molecule has 2 rings (SSSR count). The van der Waals surface area contributed by atoms with E-state index in [9.17, 15) is 9.59 Å². The maximum atomic E-state index is 12.2. The molecule has 3 N–H and O–H groups in total. The summed E-state index contributed by atoms with van der Waals surface area (Å²) in [5.41, 5.74) is 1.68. The van der Waals surface area contributed by atoms with Crippen LogP contribution in [0.1, 0.15) is 70.6 Å². The first-order chi connectivity index (χ1) is 10.0. The Kier molecular flexibility index (Phi) is 5.04. The van der Waals surface area contributed by atoms with Crippen molar-refractivity contribution in [1.29, 1.82) is 0 Å². The lowest BCUT2D eigenvalue weighted by Crippen LogP contribution is -2.25. The number of carbonyl (C=O) groups excluding carboxylic acids is 1. The van der Waals surface area contributed by atoms with E-state index in [1.54, 1.807) is 13.8 Å². The monoisotopic (exact) mass is 292 g/mol. The fourth-order valence-corrected chi connectivity index (χ4v) is 3.28. The molecule has 116 valence electrons. The van der Waals surface area contributed by atoms with Crippen LogP contribution in [0, 0.1) is 19.8 Å². The van der Waals surface area contributed by atoms with Gasteiger partial charge < -0.3 is 15.4 Å². The highest BCUT2D eigenvalue weighted by molar-refractivity contribution is 6.00. The van der Waals surface area contributed by atoms with E-state index in [4.69, 9.17) is 5.11 Å². The number of nitrogens with one attached hydrogen (secondary N) is 2. The summed E-state index contributed by atoms with van der Waals surface area (Å²) in [6, 6.07) is 0. The number of aromatic amines is 1. The summed E-state index contributed by atoms with van der Waals surface area (Å²) < 4.78 is 0. The Bertz CT molecular complexity index is 528. The molecule has 1 aromatic heterocycles. The van der Waals surface area contributed by atoms with E-state index >= 15 is 0 Å². The Morgan fingerprint density at radius 2 is 1.95 bits per heavy atom. The summed E-state index contributed by atoms with van der Waals surface area (Å²) in [6.07, 6.45) is 7.50. The molecular weight excluding hydrogens is 268 g/mol. The second kappa shape index (κ2) is 6.78. The number of hydrogen-bond acceptors (Lipinski definition) is 2. The standard InChI is InChI=1S/C16H24N2O3/c1-10-13(11(2)18-14(10)16(20)21)15(19)17-9-5-8-12-6-3-4-7-12/h12,18H,3-9H2,1-2H3,(H,17,19)(H,20,21). The third-order valence-corrected chi connectivity index (χ3v) is 4.43. The SMILES string of the molecule is Cc1[nH]c(C(=O)O)c(C)c1C(=O)NCCCC1CCCC1. The van der Waals surface area contributed by atoms with Gasteiger partial charge in [-0.15, -0.1) is 0 Å². The van der Waals surface area contributed by atoms with Crippen LogP contribution in [0.15, 0.2) is 0 Å². The number of aryl methyl sites for hydroxylation is 1. The van der Waals surface area contributed by atoms with Crippen LogP contribution in [0.25, 0.3) is 0 Å². The molecule has 1 saturated carbocycles. The molecule has 0 aromatic carbocycles. The van der Waals surface area contributed by atoms with Crippen molar-refractivity contribution in [1.82, 2.24) is 10.3 Å². The van der Waals surface area contributed by atoms with Gasteiger partial charge in [0.25, 0.3) is 5.91 Å². The van der Waals surface area contributed by atoms with Crippen LogP contribution < -0.4 is 5.32 Å². The van der Waals surface area contributed by atoms with Crippen molar-refractivity contribution in [2.75, 3.05) is 6.54 Å². The number of aromatic carboxylic acids is 1. The Labute approximate surface area is 125 Å². The van der Waals surface area contributed by atoms with E-state index < -0.39 is 5.97 Å². The topological polar surface area (TPSA) is 82.2 Å². The van der Waals surface area contributed by atoms with Gasteiger partial charge in [-0.2, -0.15) is 0 Å². The molecule has 5 nitrogen and oxygen atoms in total. The number of hydrogen-bond donors (Lipinski definition) is 3. The van der Waals surface area contributed by atoms with Crippen molar-refractivity contribution < 1.29 is 14.7 Å². The van der Waals surface area contributed by atoms with Gasteiger partial charge in [0.2, 0.25) is 0 Å². The number of aromatic nitrogens is 1. The molecule has 0 saturated heterocycles. The van der Waals surface area contributed by atoms with Crippen molar-refractivity contribution in [3.05, 3.63) is 22.5 Å². The summed E-state index contributed by atoms with van der Waals surface area (Å²) in [5, 5.41) is 12.0. The van der Waals surface area contributed by atoms with Gasteiger partial charge in [0.1, 0.15) is 5.69 Å². The van der Waals surface area contributed by atoms with E-state index in [2.05, 4.69) is 10.3 Å². The molecule has 0 atom stereocenters. The van der Waals surface area contributed by atoms with Gasteiger partial charge in [0, 0.05) is 12.2 Å². The largest absolute Gasteiger partial charge is 0.477 e. The Morgan fingerprint density at radius 1 is 1.29 bits per heavy atom. The fraction of sp³-hybridized carbons (Fsp3) is 0.625. The molecule has 1 aliphatic rings. The van der Waals surface area contributed by atoms with Crippen LogP contribution in [-0.2, 0) is 0 Å². The predicted octanol–water partition coefficient (Wildman–Crippen LogP) is 3.03. The fourth-order valence-electron chi connectivity index (χ4n) is 3.28. The molecule has 0 unspecified atom stereocenters. The van der Waals surface area contributed by atoms with E-state index in [1.807, 2.05) is 0 Å². The Morgan fingerprint density at radius 3 is 2.52 bits per heavy atom. The number of amides is 1. The molecule has 1 aromatic rings. The number of carboxylic acid groups (broad SMARTS) is 1. The maximum absolute atomic E-state index is 12.2. The van der Waals surface area contributed by atoms with Gasteiger partial charge in [-0.1, -0.05) is 25.7 Å². The normalized spacial score (nSPS) is 15.3. The van der Waals surface area contributed by atoms with Crippen molar-refractivity contribution in [3.63, 3.8) is 0 Å². The first kappa shape index (κ1) is 15.6. The molecule has 1 aliphatic carbocycles. The van der Waals surface area contributed by atoms with Crippen LogP contribution in [0.2, 0.25) is 0 Å². The van der Waals surface area contributed by atoms with Crippen LogP contribution >= 0.6 is 0 Å². The van der Waals surface area contributed by atoms with Crippen molar-refractivity contribution in [3.8, 4) is 0 Å². The zero-order valence-electron chi connectivity index (χ0n) is 12.8. The summed E-state index contributed by atoms with van der Waals surface area (Å²) in [4.78, 5) is 26.0. The summed E-state index contributed by atoms with van der Waals surface area (Å²) in [6.45, 7) is 4.05. The van der Waals surface area contributed by atoms with Crippen molar-refractivity contribution >= 4 is 11.9 Å². The minimum atomic E-state index is -1.03. The van der Waals surface area contributed by atoms with Crippen molar-refractivity contribution in [2.24, 2.45) is 5.92 Å². The minimum absolute atomic E-state index is 0.101. The lowest BCUT2D eigenvalue weighted by molar-refractivity contribution is 0.0690. The molecule has 1 amide bonds. The first-order valence-corrected chi connectivity index (χ1v) is 7.71. The molecule has 0 radical (unpaired) electrons. The summed E-state index contributed by atoms with van der Waals surface area (Å²) in [5.74, 6) is -0.382. The van der Waals surface area contributed by atoms with Gasteiger partial charge in [0.15, 0.2) is 0 Å². The minimum Gasteiger partial charge on any atom is -0.477 e. The lowest BCUT2D eigenvalue weighted by Gasteiger charge is -2.09. The zero-order valence-corrected chi connectivity index (χ0v) is 12.8. The number of rotatable bonds is 6. The molecule has 5 heteroatoms. The van der Waals surface area contributed by atoms with Gasteiger partial charge in [-0.05, 0) is 38.2 Å². The third kappa shape index (κ3) is 3.65. The average Bonchev–Trinajstić information content (AvgIpc) is 3.03. The van der Waals surface area contributed by atoms with Crippen LogP contribution in [-0.4, -0.2) is 28.5 Å². The molecule has 1 fully saturated rings. The molecule has 0 bridgehead atoms. The highest BCUT2D eigenvalue weighted by atomic mass is 16.4. The third-order valence-electron chi connectivity index (χ3n) is 4.43. The van der Waals surface area contributed by atoms with Crippen LogP contribution in [0.3, 0.4) is 0 Å². The van der Waals surface area contributed by atoms with Gasteiger partial charge >= 0.3 is 5.97 Å². The maximum Gasteiger partial charge on any atom is 0.352 e. The van der Waals surface area contributed by atoms with Crippen LogP contribution in [0.4, 0.5) is 0 Å². The van der Waals surface area contributed by atoms with Crippen LogP contribution in [0.5, 0.6) is 0 Å². The van der Waals surface area contributed by atoms with Gasteiger partial charge in [-0.3, -0.25) is 4.79 Å². The van der Waals surface area contributed by atoms with Crippen molar-refractivity contribution in [2.45, 2.75) is 52.4 Å². The van der Waals surface area contributed by atoms with E-state index in [0.717, 1.165) is 12.3 Å². The molecule has 21 heavy (non-hydrogen) atoms. The number of H-pyrrole nitrogens is 1. The Hall–Kier alpha value is -1.78. The summed E-state index contributed by atoms with van der Waals surface area (Å²) >= 11 is 0. The quantitative estimate of drug-likeness (QED) is 0.705. The number of carbonyl (C=O) groups is 2. The number of carboxylic acids is 1. The first-order valence-electron chi connectivity index (χ1n) is 7.71. The Balaban J connectivity index is 1.86. The van der Waals surface area contributed by atoms with Gasteiger partial charge in [0.05, 0.1) is 5.56 Å². The molecule has 1 heterocycles. The lowest BCUT2D eigenvalue weighted by atomic mass is 10.0. The highest BCUT2D eigenvalue weighted by Crippen LogP contribution is 2.28. The zero-order chi connectivity index (χ0) is 15.4. The second-order valence-electron chi connectivity index (χ2n) is 5.98. The highest BCUT2D eigenvalue weighted by Gasteiger charge is 2.21. The molecule has 0 aliphatic heterocycles. The molecule has 0 spiro atoms. The van der Waals surface area contributed by atoms with Gasteiger partial charge in [-0.25, -0.2) is 4.79 Å². The smallest absolute Gasteiger partial charge is 0.352 e. The molecular formula is C16H24N2O3. The summed E-state index contributed by atoms with van der Waals surface area (Å²) in [7, 11) is 0. The van der Waals surface area contributed by atoms with E-state index in [-0.39, 0.29) is 11.6 Å². The van der Waals surface area contributed by atoms with E-state index in [0.29, 0.717) is 23.4 Å². The predicted molar refractivity (Wildman–Crippen MR) is 80.8 cm³/mol. The second-order valence-corrected chi connectivity index (χ2v) is 5.98.